The summed E-state index contributed by atoms with van der Waals surface area (Å²) in [5.74, 6) is -0.0943. The Morgan fingerprint density at radius 3 is 2.55 bits per heavy atom. The third kappa shape index (κ3) is 5.91. The molecule has 0 bridgehead atoms. The number of rotatable bonds is 2. The van der Waals surface area contributed by atoms with Gasteiger partial charge in [-0.1, -0.05) is 32.5 Å². The van der Waals surface area contributed by atoms with E-state index in [4.69, 9.17) is 5.41 Å². The van der Waals surface area contributed by atoms with E-state index in [1.165, 1.54) is 11.8 Å². The van der Waals surface area contributed by atoms with Gasteiger partial charge in [0.25, 0.3) is 0 Å². The fourth-order valence-electron chi connectivity index (χ4n) is 0.480. The molecule has 0 radical (unpaired) electrons. The Hall–Kier alpha value is -0.510. The number of carbonyl (C=O) groups excluding carboxylic acids is 1. The van der Waals surface area contributed by atoms with Crippen LogP contribution in [0.1, 0.15) is 27.2 Å². The number of thioether (sulfide) groups is 1. The summed E-state index contributed by atoms with van der Waals surface area (Å²) in [4.78, 5) is 10.7. The van der Waals surface area contributed by atoms with E-state index in [1.807, 2.05) is 13.8 Å². The van der Waals surface area contributed by atoms with Crippen LogP contribution >= 0.6 is 11.8 Å². The number of hydrogen-bond donors (Lipinski definition) is 2. The smallest absolute Gasteiger partial charge is 0.225 e. The molecule has 0 aromatic heterocycles. The number of amidine groups is 1. The van der Waals surface area contributed by atoms with Crippen molar-refractivity contribution in [2.75, 3.05) is 0 Å². The van der Waals surface area contributed by atoms with Crippen LogP contribution in [0.3, 0.4) is 0 Å². The molecule has 0 aromatic rings. The van der Waals surface area contributed by atoms with E-state index in [1.54, 1.807) is 6.92 Å². The van der Waals surface area contributed by atoms with Crippen LogP contribution in [0, 0.1) is 5.41 Å². The van der Waals surface area contributed by atoms with E-state index < -0.39 is 0 Å². The average molecular weight is 174 g/mol. The zero-order valence-corrected chi connectivity index (χ0v) is 7.92. The first kappa shape index (κ1) is 10.5. The first-order valence-corrected chi connectivity index (χ1v) is 4.49. The highest BCUT2D eigenvalue weighted by Crippen LogP contribution is 2.08. The second-order valence-corrected chi connectivity index (χ2v) is 3.98. The highest BCUT2D eigenvalue weighted by atomic mass is 32.2. The lowest BCUT2D eigenvalue weighted by Gasteiger charge is -2.06. The van der Waals surface area contributed by atoms with E-state index in [9.17, 15) is 4.79 Å². The first-order chi connectivity index (χ1) is 5.06. The average Bonchev–Trinajstić information content (AvgIpc) is 1.85. The number of amides is 1. The Kier molecular flexibility index (Phi) is 4.94. The summed E-state index contributed by atoms with van der Waals surface area (Å²) in [7, 11) is 0. The van der Waals surface area contributed by atoms with E-state index in [-0.39, 0.29) is 11.1 Å². The largest absolute Gasteiger partial charge is 0.306 e. The summed E-state index contributed by atoms with van der Waals surface area (Å²) in [5.41, 5.74) is 0. The first-order valence-electron chi connectivity index (χ1n) is 3.61. The van der Waals surface area contributed by atoms with E-state index in [0.29, 0.717) is 11.7 Å². The maximum atomic E-state index is 10.7. The molecular formula is C7H14N2OS. The molecule has 0 aliphatic heterocycles. The Balaban J connectivity index is 3.61. The van der Waals surface area contributed by atoms with Crippen LogP contribution in [-0.2, 0) is 4.79 Å². The van der Waals surface area contributed by atoms with Gasteiger partial charge in [-0.15, -0.1) is 0 Å². The van der Waals surface area contributed by atoms with Gasteiger partial charge in [-0.25, -0.2) is 0 Å². The summed E-state index contributed by atoms with van der Waals surface area (Å²) < 4.78 is 0. The number of nitrogens with one attached hydrogen (secondary N) is 2. The van der Waals surface area contributed by atoms with E-state index in [0.717, 1.165) is 0 Å². The molecule has 3 nitrogen and oxygen atoms in total. The normalized spacial score (nSPS) is 9.82. The SMILES string of the molecule is CCC(=O)NC(=N)SC(C)C. The van der Waals surface area contributed by atoms with Gasteiger partial charge in [0.05, 0.1) is 0 Å². The zero-order chi connectivity index (χ0) is 8.85. The predicted octanol–water partition coefficient (Wildman–Crippen LogP) is 1.59. The van der Waals surface area contributed by atoms with Crippen molar-refractivity contribution in [3.05, 3.63) is 0 Å². The van der Waals surface area contributed by atoms with Crippen molar-refractivity contribution < 1.29 is 4.79 Å². The van der Waals surface area contributed by atoms with Gasteiger partial charge in [0.15, 0.2) is 5.17 Å². The summed E-state index contributed by atoms with van der Waals surface area (Å²) in [6.45, 7) is 5.73. The maximum absolute atomic E-state index is 10.7. The molecule has 0 aromatic carbocycles. The molecule has 4 heteroatoms. The summed E-state index contributed by atoms with van der Waals surface area (Å²) in [5, 5.41) is 10.3. The fraction of sp³-hybridized carbons (Fsp3) is 0.714. The topological polar surface area (TPSA) is 53.0 Å². The second kappa shape index (κ2) is 5.18. The molecule has 0 unspecified atom stereocenters. The van der Waals surface area contributed by atoms with Gasteiger partial charge in [0.1, 0.15) is 0 Å². The lowest BCUT2D eigenvalue weighted by molar-refractivity contribution is -0.119. The minimum Gasteiger partial charge on any atom is -0.306 e. The number of hydrogen-bond acceptors (Lipinski definition) is 3. The minimum absolute atomic E-state index is 0.0943. The third-order valence-corrected chi connectivity index (χ3v) is 1.74. The highest BCUT2D eigenvalue weighted by molar-refractivity contribution is 8.14. The third-order valence-electron chi connectivity index (χ3n) is 0.928. The standard InChI is InChI=1S/C7H14N2OS/c1-4-6(10)9-7(8)11-5(2)3/h5H,4H2,1-3H3,(H2,8,9,10). The Morgan fingerprint density at radius 1 is 1.64 bits per heavy atom. The van der Waals surface area contributed by atoms with Gasteiger partial charge < -0.3 is 5.32 Å². The van der Waals surface area contributed by atoms with Crippen LogP contribution in [0.25, 0.3) is 0 Å². The van der Waals surface area contributed by atoms with Gasteiger partial charge in [-0.05, 0) is 0 Å². The van der Waals surface area contributed by atoms with Gasteiger partial charge >= 0.3 is 0 Å². The van der Waals surface area contributed by atoms with Crippen LogP contribution < -0.4 is 5.32 Å². The van der Waals surface area contributed by atoms with Gasteiger partial charge in [-0.2, -0.15) is 0 Å². The molecule has 2 N–H and O–H groups in total. The summed E-state index contributed by atoms with van der Waals surface area (Å²) in [6.07, 6.45) is 0.432. The molecule has 11 heavy (non-hydrogen) atoms. The monoisotopic (exact) mass is 174 g/mol. The van der Waals surface area contributed by atoms with Crippen molar-refractivity contribution in [3.8, 4) is 0 Å². The van der Waals surface area contributed by atoms with Crippen molar-refractivity contribution in [3.63, 3.8) is 0 Å². The zero-order valence-electron chi connectivity index (χ0n) is 7.10. The molecular weight excluding hydrogens is 160 g/mol. The van der Waals surface area contributed by atoms with E-state index >= 15 is 0 Å². The molecule has 0 saturated heterocycles. The van der Waals surface area contributed by atoms with Gasteiger partial charge in [0, 0.05) is 11.7 Å². The summed E-state index contributed by atoms with van der Waals surface area (Å²) in [6, 6.07) is 0. The molecule has 0 spiro atoms. The lowest BCUT2D eigenvalue weighted by atomic mass is 10.5. The van der Waals surface area contributed by atoms with Crippen LogP contribution in [-0.4, -0.2) is 16.3 Å². The molecule has 0 heterocycles. The quantitative estimate of drug-likeness (QED) is 0.493. The minimum atomic E-state index is -0.0943. The molecule has 0 fully saturated rings. The molecule has 0 atom stereocenters. The van der Waals surface area contributed by atoms with Crippen molar-refractivity contribution >= 4 is 22.8 Å². The molecule has 0 rings (SSSR count). The summed E-state index contributed by atoms with van der Waals surface area (Å²) >= 11 is 1.35. The van der Waals surface area contributed by atoms with Crippen molar-refractivity contribution in [1.29, 1.82) is 5.41 Å². The van der Waals surface area contributed by atoms with E-state index in [2.05, 4.69) is 5.32 Å². The molecule has 0 saturated carbocycles. The second-order valence-electron chi connectivity index (χ2n) is 2.40. The Labute approximate surface area is 71.4 Å². The van der Waals surface area contributed by atoms with Crippen LogP contribution in [0.15, 0.2) is 0 Å². The highest BCUT2D eigenvalue weighted by Gasteiger charge is 2.03. The van der Waals surface area contributed by atoms with Crippen LogP contribution in [0.2, 0.25) is 0 Å². The predicted molar refractivity (Wildman–Crippen MR) is 48.9 cm³/mol. The van der Waals surface area contributed by atoms with Crippen molar-refractivity contribution in [2.24, 2.45) is 0 Å². The van der Waals surface area contributed by atoms with Gasteiger partial charge in [-0.3, -0.25) is 10.2 Å². The van der Waals surface area contributed by atoms with Gasteiger partial charge in [0.2, 0.25) is 5.91 Å². The molecule has 64 valence electrons. The molecule has 0 aliphatic carbocycles. The van der Waals surface area contributed by atoms with Crippen molar-refractivity contribution in [2.45, 2.75) is 32.4 Å². The van der Waals surface area contributed by atoms with Crippen LogP contribution in [0.4, 0.5) is 0 Å². The fourth-order valence-corrected chi connectivity index (χ4v) is 1.12. The molecule has 1 amide bonds. The Morgan fingerprint density at radius 2 is 2.18 bits per heavy atom. The molecule has 0 aliphatic rings. The number of carbonyl (C=O) groups is 1. The van der Waals surface area contributed by atoms with Crippen LogP contribution in [0.5, 0.6) is 0 Å². The lowest BCUT2D eigenvalue weighted by Crippen LogP contribution is -2.27. The Bertz CT molecular complexity index is 157. The van der Waals surface area contributed by atoms with Crippen molar-refractivity contribution in [1.82, 2.24) is 5.32 Å². The maximum Gasteiger partial charge on any atom is 0.225 e.